The molecule has 1 saturated heterocycles. The Morgan fingerprint density at radius 2 is 2.31 bits per heavy atom. The van der Waals surface area contributed by atoms with E-state index in [0.717, 1.165) is 11.5 Å². The van der Waals surface area contributed by atoms with Gasteiger partial charge in [-0.3, -0.25) is 0 Å². The molecule has 0 aliphatic carbocycles. The number of thioether (sulfide) groups is 1. The summed E-state index contributed by atoms with van der Waals surface area (Å²) >= 11 is 7.49. The summed E-state index contributed by atoms with van der Waals surface area (Å²) in [6, 6.07) is -0.00892. The average molecular weight is 244 g/mol. The van der Waals surface area contributed by atoms with Crippen molar-refractivity contribution in [2.24, 2.45) is 0 Å². The minimum Gasteiger partial charge on any atom is -0.212 e. The molecule has 1 aliphatic heterocycles. The molecule has 1 aliphatic rings. The normalized spacial score (nSPS) is 26.2. The molecule has 13 heavy (non-hydrogen) atoms. The highest BCUT2D eigenvalue weighted by molar-refractivity contribution is 7.99. The van der Waals surface area contributed by atoms with Gasteiger partial charge in [-0.15, -0.1) is 11.6 Å². The number of alkyl halides is 1. The number of nitrogens with zero attached hydrogens (tertiary/aromatic N) is 1. The standard InChI is InChI=1S/C7H14ClNO2S2/c1-2-13(10,11)9-3-4-12-6-7(9)5-8/h7H,2-6H2,1H3. The van der Waals surface area contributed by atoms with Crippen LogP contribution in [0.15, 0.2) is 0 Å². The van der Waals surface area contributed by atoms with Crippen LogP contribution in [0.25, 0.3) is 0 Å². The van der Waals surface area contributed by atoms with Gasteiger partial charge in [0, 0.05) is 30.0 Å². The van der Waals surface area contributed by atoms with Crippen molar-refractivity contribution in [2.75, 3.05) is 29.7 Å². The zero-order valence-electron chi connectivity index (χ0n) is 7.57. The van der Waals surface area contributed by atoms with Gasteiger partial charge in [0.05, 0.1) is 5.75 Å². The Morgan fingerprint density at radius 3 is 2.85 bits per heavy atom. The highest BCUT2D eigenvalue weighted by atomic mass is 35.5. The lowest BCUT2D eigenvalue weighted by atomic mass is 10.4. The number of rotatable bonds is 3. The molecule has 0 bridgehead atoms. The van der Waals surface area contributed by atoms with Gasteiger partial charge in [-0.25, -0.2) is 8.42 Å². The molecule has 0 aromatic carbocycles. The lowest BCUT2D eigenvalue weighted by Gasteiger charge is -2.32. The fourth-order valence-corrected chi connectivity index (χ4v) is 4.36. The summed E-state index contributed by atoms with van der Waals surface area (Å²) in [4.78, 5) is 0. The molecule has 1 fully saturated rings. The second kappa shape index (κ2) is 4.87. The maximum absolute atomic E-state index is 11.6. The van der Waals surface area contributed by atoms with Gasteiger partial charge in [0.2, 0.25) is 10.0 Å². The molecule has 1 heterocycles. The average Bonchev–Trinajstić information content (AvgIpc) is 2.18. The minimum atomic E-state index is -3.05. The van der Waals surface area contributed by atoms with Crippen LogP contribution in [0.4, 0.5) is 0 Å². The first-order valence-corrected chi connectivity index (χ1v) is 7.55. The Bertz CT molecular complexity index is 255. The summed E-state index contributed by atoms with van der Waals surface area (Å²) in [5, 5.41) is 0. The molecular formula is C7H14ClNO2S2. The fraction of sp³-hybridized carbons (Fsp3) is 1.00. The summed E-state index contributed by atoms with van der Waals surface area (Å²) in [7, 11) is -3.05. The van der Waals surface area contributed by atoms with E-state index < -0.39 is 10.0 Å². The second-order valence-corrected chi connectivity index (χ2v) is 6.56. The SMILES string of the molecule is CCS(=O)(=O)N1CCSCC1CCl. The maximum Gasteiger partial charge on any atom is 0.214 e. The van der Waals surface area contributed by atoms with E-state index >= 15 is 0 Å². The van der Waals surface area contributed by atoms with E-state index in [-0.39, 0.29) is 11.8 Å². The Hall–Kier alpha value is 0.550. The van der Waals surface area contributed by atoms with Crippen molar-refractivity contribution in [3.05, 3.63) is 0 Å². The second-order valence-electron chi connectivity index (χ2n) is 2.89. The molecule has 1 atom stereocenters. The lowest BCUT2D eigenvalue weighted by molar-refractivity contribution is 0.371. The highest BCUT2D eigenvalue weighted by Crippen LogP contribution is 2.20. The topological polar surface area (TPSA) is 37.4 Å². The van der Waals surface area contributed by atoms with Crippen LogP contribution in [0.3, 0.4) is 0 Å². The predicted octanol–water partition coefficient (Wildman–Crippen LogP) is 0.992. The van der Waals surface area contributed by atoms with Crippen LogP contribution in [0.5, 0.6) is 0 Å². The summed E-state index contributed by atoms with van der Waals surface area (Å²) in [5.41, 5.74) is 0. The molecule has 0 aromatic rings. The van der Waals surface area contributed by atoms with Gasteiger partial charge >= 0.3 is 0 Å². The van der Waals surface area contributed by atoms with Crippen molar-refractivity contribution in [1.82, 2.24) is 4.31 Å². The van der Waals surface area contributed by atoms with Crippen molar-refractivity contribution in [1.29, 1.82) is 0 Å². The van der Waals surface area contributed by atoms with Gasteiger partial charge in [0.25, 0.3) is 0 Å². The van der Waals surface area contributed by atoms with Crippen LogP contribution in [-0.2, 0) is 10.0 Å². The first-order valence-electron chi connectivity index (χ1n) is 4.25. The van der Waals surface area contributed by atoms with Crippen LogP contribution in [0, 0.1) is 0 Å². The van der Waals surface area contributed by atoms with Crippen LogP contribution in [-0.4, -0.2) is 48.4 Å². The molecule has 0 N–H and O–H groups in total. The van der Waals surface area contributed by atoms with Gasteiger partial charge in [-0.1, -0.05) is 0 Å². The zero-order valence-corrected chi connectivity index (χ0v) is 9.96. The third-order valence-electron chi connectivity index (χ3n) is 2.07. The largest absolute Gasteiger partial charge is 0.214 e. The molecular weight excluding hydrogens is 230 g/mol. The van der Waals surface area contributed by atoms with E-state index in [1.54, 1.807) is 23.0 Å². The Morgan fingerprint density at radius 1 is 1.62 bits per heavy atom. The number of halogens is 1. The smallest absolute Gasteiger partial charge is 0.212 e. The van der Waals surface area contributed by atoms with E-state index in [0.29, 0.717) is 12.4 Å². The quantitative estimate of drug-likeness (QED) is 0.694. The summed E-state index contributed by atoms with van der Waals surface area (Å²) in [6.45, 7) is 2.28. The fourth-order valence-electron chi connectivity index (χ4n) is 1.29. The van der Waals surface area contributed by atoms with E-state index in [2.05, 4.69) is 0 Å². The molecule has 3 nitrogen and oxygen atoms in total. The van der Waals surface area contributed by atoms with E-state index in [1.165, 1.54) is 0 Å². The summed E-state index contributed by atoms with van der Waals surface area (Å²) < 4.78 is 24.7. The van der Waals surface area contributed by atoms with Crippen LogP contribution in [0.1, 0.15) is 6.92 Å². The van der Waals surface area contributed by atoms with Crippen molar-refractivity contribution >= 4 is 33.4 Å². The van der Waals surface area contributed by atoms with Crippen molar-refractivity contribution in [3.63, 3.8) is 0 Å². The first-order chi connectivity index (χ1) is 6.11. The molecule has 0 spiro atoms. The number of hydrogen-bond acceptors (Lipinski definition) is 3. The van der Waals surface area contributed by atoms with Crippen molar-refractivity contribution < 1.29 is 8.42 Å². The summed E-state index contributed by atoms with van der Waals surface area (Å²) in [5.74, 6) is 2.27. The van der Waals surface area contributed by atoms with Gasteiger partial charge in [0.1, 0.15) is 0 Å². The molecule has 1 rings (SSSR count). The first kappa shape index (κ1) is 11.6. The molecule has 6 heteroatoms. The predicted molar refractivity (Wildman–Crippen MR) is 58.0 cm³/mol. The molecule has 0 aromatic heterocycles. The highest BCUT2D eigenvalue weighted by Gasteiger charge is 2.30. The third kappa shape index (κ3) is 2.75. The molecule has 1 unspecified atom stereocenters. The van der Waals surface area contributed by atoms with E-state index in [9.17, 15) is 8.42 Å². The monoisotopic (exact) mass is 243 g/mol. The van der Waals surface area contributed by atoms with E-state index in [1.807, 2.05) is 0 Å². The maximum atomic E-state index is 11.6. The summed E-state index contributed by atoms with van der Waals surface area (Å²) in [6.07, 6.45) is 0. The number of sulfonamides is 1. The minimum absolute atomic E-state index is 0.00892. The van der Waals surface area contributed by atoms with Gasteiger partial charge in [0.15, 0.2) is 0 Å². The van der Waals surface area contributed by atoms with Crippen molar-refractivity contribution in [3.8, 4) is 0 Å². The van der Waals surface area contributed by atoms with Crippen LogP contribution < -0.4 is 0 Å². The zero-order chi connectivity index (χ0) is 9.90. The Labute approximate surface area is 88.9 Å². The molecule has 0 radical (unpaired) electrons. The van der Waals surface area contributed by atoms with Crippen molar-refractivity contribution in [2.45, 2.75) is 13.0 Å². The Kier molecular flexibility index (Phi) is 4.35. The third-order valence-corrected chi connectivity index (χ3v) is 5.45. The molecule has 78 valence electrons. The molecule has 0 amide bonds. The molecule has 0 saturated carbocycles. The van der Waals surface area contributed by atoms with E-state index in [4.69, 9.17) is 11.6 Å². The lowest BCUT2D eigenvalue weighted by Crippen LogP contribution is -2.47. The van der Waals surface area contributed by atoms with Gasteiger partial charge in [-0.2, -0.15) is 16.1 Å². The van der Waals surface area contributed by atoms with Gasteiger partial charge < -0.3 is 0 Å². The van der Waals surface area contributed by atoms with Crippen LogP contribution >= 0.6 is 23.4 Å². The Balaban J connectivity index is 2.75. The van der Waals surface area contributed by atoms with Gasteiger partial charge in [-0.05, 0) is 6.92 Å². The van der Waals surface area contributed by atoms with Crippen LogP contribution in [0.2, 0.25) is 0 Å². The number of hydrogen-bond donors (Lipinski definition) is 0.